The smallest absolute Gasteiger partial charge is 0.263 e. The fourth-order valence-corrected chi connectivity index (χ4v) is 4.34. The first-order chi connectivity index (χ1) is 15.4. The lowest BCUT2D eigenvalue weighted by molar-refractivity contribution is 0.355. The van der Waals surface area contributed by atoms with Gasteiger partial charge in [-0.05, 0) is 42.5 Å². The summed E-state index contributed by atoms with van der Waals surface area (Å²) in [4.78, 5) is 9.05. The van der Waals surface area contributed by atoms with Crippen LogP contribution in [0.1, 0.15) is 0 Å². The molecule has 1 heterocycles. The van der Waals surface area contributed by atoms with E-state index in [-0.39, 0.29) is 16.5 Å². The Balaban J connectivity index is 1.77. The van der Waals surface area contributed by atoms with Crippen LogP contribution in [0.3, 0.4) is 0 Å². The number of halogens is 1. The number of hydrogen-bond donors (Lipinski definition) is 2. The number of sulfonamides is 1. The fourth-order valence-electron chi connectivity index (χ4n) is 3.03. The van der Waals surface area contributed by atoms with Crippen LogP contribution in [0.5, 0.6) is 11.5 Å². The molecule has 0 aliphatic heterocycles. The van der Waals surface area contributed by atoms with Crippen molar-refractivity contribution >= 4 is 50.0 Å². The average Bonchev–Trinajstić information content (AvgIpc) is 2.79. The van der Waals surface area contributed by atoms with Gasteiger partial charge in [0.1, 0.15) is 0 Å². The summed E-state index contributed by atoms with van der Waals surface area (Å²) in [5.74, 6) is 1.33. The molecule has 0 radical (unpaired) electrons. The van der Waals surface area contributed by atoms with Crippen molar-refractivity contribution in [3.05, 3.63) is 71.8 Å². The van der Waals surface area contributed by atoms with Crippen LogP contribution in [-0.4, -0.2) is 32.6 Å². The van der Waals surface area contributed by atoms with Crippen molar-refractivity contribution in [2.75, 3.05) is 24.3 Å². The van der Waals surface area contributed by atoms with E-state index in [9.17, 15) is 8.42 Å². The van der Waals surface area contributed by atoms with E-state index in [1.807, 2.05) is 6.07 Å². The van der Waals surface area contributed by atoms with Gasteiger partial charge in [0, 0.05) is 16.8 Å². The number of nitrogens with one attached hydrogen (secondary N) is 2. The maximum absolute atomic E-state index is 13.0. The lowest BCUT2D eigenvalue weighted by Gasteiger charge is -2.15. The maximum Gasteiger partial charge on any atom is 0.263 e. The fraction of sp³-hybridized carbons (Fsp3) is 0.0909. The van der Waals surface area contributed by atoms with Crippen LogP contribution >= 0.6 is 11.6 Å². The Labute approximate surface area is 190 Å². The van der Waals surface area contributed by atoms with Gasteiger partial charge in [-0.1, -0.05) is 29.8 Å². The van der Waals surface area contributed by atoms with E-state index in [1.165, 1.54) is 19.2 Å². The molecule has 4 rings (SSSR count). The molecule has 4 aromatic rings. The molecule has 0 unspecified atom stereocenters. The number of benzene rings is 3. The molecule has 0 saturated heterocycles. The number of nitrogens with zero attached hydrogens (tertiary/aromatic N) is 2. The van der Waals surface area contributed by atoms with E-state index in [2.05, 4.69) is 20.0 Å². The average molecular weight is 471 g/mol. The van der Waals surface area contributed by atoms with E-state index in [0.717, 1.165) is 0 Å². The van der Waals surface area contributed by atoms with Crippen LogP contribution in [0.25, 0.3) is 11.0 Å². The van der Waals surface area contributed by atoms with Gasteiger partial charge in [-0.15, -0.1) is 0 Å². The van der Waals surface area contributed by atoms with Gasteiger partial charge >= 0.3 is 0 Å². The Morgan fingerprint density at radius 2 is 1.50 bits per heavy atom. The highest BCUT2D eigenvalue weighted by Crippen LogP contribution is 2.33. The predicted molar refractivity (Wildman–Crippen MR) is 125 cm³/mol. The standard InChI is InChI=1S/C22H19ClN4O4S/c1-30-19-11-10-15(13-20(19)31-2)24-21-22(26-18-9-4-3-8-17(18)25-21)27-32(28,29)16-7-5-6-14(23)12-16/h3-13H,1-2H3,(H,24,25)(H,26,27). The second-order valence-electron chi connectivity index (χ2n) is 6.67. The summed E-state index contributed by atoms with van der Waals surface area (Å²) in [7, 11) is -0.890. The third kappa shape index (κ3) is 4.53. The molecule has 3 aromatic carbocycles. The van der Waals surface area contributed by atoms with Crippen molar-refractivity contribution in [1.82, 2.24) is 9.97 Å². The largest absolute Gasteiger partial charge is 0.493 e. The zero-order valence-electron chi connectivity index (χ0n) is 17.2. The lowest BCUT2D eigenvalue weighted by atomic mass is 10.2. The number of aromatic nitrogens is 2. The summed E-state index contributed by atoms with van der Waals surface area (Å²) in [6, 6.07) is 18.3. The zero-order chi connectivity index (χ0) is 22.7. The third-order valence-corrected chi connectivity index (χ3v) is 6.13. The SMILES string of the molecule is COc1ccc(Nc2nc3ccccc3nc2NS(=O)(=O)c2cccc(Cl)c2)cc1OC. The second-order valence-corrected chi connectivity index (χ2v) is 8.79. The van der Waals surface area contributed by atoms with Gasteiger partial charge in [-0.2, -0.15) is 0 Å². The van der Waals surface area contributed by atoms with Gasteiger partial charge in [-0.3, -0.25) is 4.72 Å². The molecule has 164 valence electrons. The first kappa shape index (κ1) is 21.7. The van der Waals surface area contributed by atoms with E-state index >= 15 is 0 Å². The number of fused-ring (bicyclic) bond motifs is 1. The van der Waals surface area contributed by atoms with Gasteiger partial charge in [0.2, 0.25) is 0 Å². The van der Waals surface area contributed by atoms with E-state index in [4.69, 9.17) is 21.1 Å². The first-order valence-corrected chi connectivity index (χ1v) is 11.3. The zero-order valence-corrected chi connectivity index (χ0v) is 18.7. The summed E-state index contributed by atoms with van der Waals surface area (Å²) in [6.07, 6.45) is 0. The highest BCUT2D eigenvalue weighted by Gasteiger charge is 2.19. The van der Waals surface area contributed by atoms with Crippen molar-refractivity contribution in [3.8, 4) is 11.5 Å². The van der Waals surface area contributed by atoms with E-state index in [1.54, 1.807) is 55.6 Å². The minimum Gasteiger partial charge on any atom is -0.493 e. The summed E-state index contributed by atoms with van der Waals surface area (Å²) in [5, 5.41) is 3.42. The number of methoxy groups -OCH3 is 2. The van der Waals surface area contributed by atoms with E-state index < -0.39 is 10.0 Å². The van der Waals surface area contributed by atoms with Gasteiger partial charge in [-0.25, -0.2) is 18.4 Å². The molecular weight excluding hydrogens is 452 g/mol. The number of rotatable bonds is 7. The number of ether oxygens (including phenoxy) is 2. The molecule has 2 N–H and O–H groups in total. The summed E-state index contributed by atoms with van der Waals surface area (Å²) < 4.78 is 39.1. The van der Waals surface area contributed by atoms with Crippen molar-refractivity contribution in [1.29, 1.82) is 0 Å². The highest BCUT2D eigenvalue weighted by atomic mass is 35.5. The molecular formula is C22H19ClN4O4S. The van der Waals surface area contributed by atoms with Gasteiger partial charge in [0.15, 0.2) is 23.1 Å². The normalized spacial score (nSPS) is 11.2. The quantitative estimate of drug-likeness (QED) is 0.398. The molecule has 0 spiro atoms. The van der Waals surface area contributed by atoms with E-state index in [0.29, 0.717) is 33.2 Å². The molecule has 32 heavy (non-hydrogen) atoms. The number of anilines is 3. The Bertz CT molecular complexity index is 1400. The Hall–Kier alpha value is -3.56. The van der Waals surface area contributed by atoms with Gasteiger partial charge in [0.05, 0.1) is 30.1 Å². The molecule has 8 nitrogen and oxygen atoms in total. The highest BCUT2D eigenvalue weighted by molar-refractivity contribution is 7.92. The first-order valence-electron chi connectivity index (χ1n) is 9.44. The molecule has 10 heteroatoms. The number of para-hydroxylation sites is 2. The molecule has 0 fully saturated rings. The Morgan fingerprint density at radius 3 is 2.16 bits per heavy atom. The molecule has 0 saturated carbocycles. The lowest BCUT2D eigenvalue weighted by Crippen LogP contribution is -2.16. The summed E-state index contributed by atoms with van der Waals surface area (Å²) in [6.45, 7) is 0. The van der Waals surface area contributed by atoms with Crippen LogP contribution in [0.2, 0.25) is 5.02 Å². The molecule has 0 aliphatic carbocycles. The minimum atomic E-state index is -3.96. The maximum atomic E-state index is 13.0. The molecule has 0 aliphatic rings. The monoisotopic (exact) mass is 470 g/mol. The second kappa shape index (κ2) is 8.89. The molecule has 1 aromatic heterocycles. The van der Waals surface area contributed by atoms with Gasteiger partial charge in [0.25, 0.3) is 10.0 Å². The summed E-state index contributed by atoms with van der Waals surface area (Å²) in [5.41, 5.74) is 1.74. The van der Waals surface area contributed by atoms with Crippen molar-refractivity contribution in [2.45, 2.75) is 4.90 Å². The van der Waals surface area contributed by atoms with Crippen LogP contribution in [0.4, 0.5) is 17.3 Å². The third-order valence-electron chi connectivity index (χ3n) is 4.55. The van der Waals surface area contributed by atoms with Crippen LogP contribution < -0.4 is 19.5 Å². The van der Waals surface area contributed by atoms with Crippen LogP contribution in [0, 0.1) is 0 Å². The van der Waals surface area contributed by atoms with Crippen molar-refractivity contribution in [2.24, 2.45) is 0 Å². The van der Waals surface area contributed by atoms with Crippen molar-refractivity contribution in [3.63, 3.8) is 0 Å². The molecule has 0 bridgehead atoms. The Kier molecular flexibility index (Phi) is 6.02. The molecule has 0 atom stereocenters. The van der Waals surface area contributed by atoms with Gasteiger partial charge < -0.3 is 14.8 Å². The summed E-state index contributed by atoms with van der Waals surface area (Å²) >= 11 is 5.97. The molecule has 0 amide bonds. The Morgan fingerprint density at radius 1 is 0.812 bits per heavy atom. The number of hydrogen-bond acceptors (Lipinski definition) is 7. The minimum absolute atomic E-state index is 0.0111. The topological polar surface area (TPSA) is 102 Å². The van der Waals surface area contributed by atoms with Crippen LogP contribution in [-0.2, 0) is 10.0 Å². The van der Waals surface area contributed by atoms with Crippen molar-refractivity contribution < 1.29 is 17.9 Å². The van der Waals surface area contributed by atoms with Crippen LogP contribution in [0.15, 0.2) is 71.6 Å². The predicted octanol–water partition coefficient (Wildman–Crippen LogP) is 4.84.